The zero-order valence-electron chi connectivity index (χ0n) is 12.1. The Bertz CT molecular complexity index is 662. The van der Waals surface area contributed by atoms with Crippen molar-refractivity contribution >= 4 is 34.2 Å². The SMILES string of the molecule is Cc1ccc(OCCSC(N)=Nc2ccc(F)c(Cl)c2)cc1. The molecule has 0 aromatic heterocycles. The van der Waals surface area contributed by atoms with Gasteiger partial charge in [0.1, 0.15) is 11.6 Å². The highest BCUT2D eigenvalue weighted by Gasteiger charge is 2.01. The van der Waals surface area contributed by atoms with Gasteiger partial charge in [-0.15, -0.1) is 0 Å². The van der Waals surface area contributed by atoms with Gasteiger partial charge in [0.25, 0.3) is 0 Å². The maximum atomic E-state index is 13.0. The molecule has 0 aliphatic heterocycles. The van der Waals surface area contributed by atoms with Crippen LogP contribution in [0.15, 0.2) is 47.5 Å². The van der Waals surface area contributed by atoms with Gasteiger partial charge in [0.15, 0.2) is 5.17 Å². The predicted octanol–water partition coefficient (Wildman–Crippen LogP) is 4.55. The van der Waals surface area contributed by atoms with Crippen molar-refractivity contribution in [1.82, 2.24) is 0 Å². The zero-order chi connectivity index (χ0) is 15.9. The minimum Gasteiger partial charge on any atom is -0.493 e. The molecule has 116 valence electrons. The normalized spacial score (nSPS) is 11.5. The molecule has 0 aliphatic rings. The summed E-state index contributed by atoms with van der Waals surface area (Å²) < 4.78 is 18.6. The molecule has 0 radical (unpaired) electrons. The number of hydrogen-bond acceptors (Lipinski definition) is 3. The lowest BCUT2D eigenvalue weighted by molar-refractivity contribution is 0.344. The maximum absolute atomic E-state index is 13.0. The second-order valence-electron chi connectivity index (χ2n) is 4.56. The number of nitrogens with two attached hydrogens (primary N) is 1. The lowest BCUT2D eigenvalue weighted by Gasteiger charge is -2.06. The molecular formula is C16H16ClFN2OS. The number of rotatable bonds is 5. The summed E-state index contributed by atoms with van der Waals surface area (Å²) in [6.07, 6.45) is 0. The topological polar surface area (TPSA) is 47.6 Å². The van der Waals surface area contributed by atoms with E-state index < -0.39 is 5.82 Å². The van der Waals surface area contributed by atoms with E-state index in [2.05, 4.69) is 4.99 Å². The number of aryl methyl sites for hydroxylation is 1. The first kappa shape index (κ1) is 16.6. The molecule has 0 saturated carbocycles. The van der Waals surface area contributed by atoms with E-state index in [0.29, 0.717) is 23.2 Å². The van der Waals surface area contributed by atoms with Crippen LogP contribution in [0, 0.1) is 12.7 Å². The number of amidine groups is 1. The average Bonchev–Trinajstić information content (AvgIpc) is 2.49. The highest BCUT2D eigenvalue weighted by molar-refractivity contribution is 8.13. The highest BCUT2D eigenvalue weighted by atomic mass is 35.5. The van der Waals surface area contributed by atoms with E-state index in [4.69, 9.17) is 22.1 Å². The monoisotopic (exact) mass is 338 g/mol. The number of ether oxygens (including phenoxy) is 1. The molecule has 2 N–H and O–H groups in total. The quantitative estimate of drug-likeness (QED) is 0.494. The van der Waals surface area contributed by atoms with Crippen LogP contribution in [0.5, 0.6) is 5.75 Å². The molecule has 2 aromatic carbocycles. The molecule has 2 rings (SSSR count). The van der Waals surface area contributed by atoms with Crippen LogP contribution in [0.1, 0.15) is 5.56 Å². The summed E-state index contributed by atoms with van der Waals surface area (Å²) in [7, 11) is 0. The van der Waals surface area contributed by atoms with Crippen molar-refractivity contribution in [3.63, 3.8) is 0 Å². The Morgan fingerprint density at radius 3 is 2.68 bits per heavy atom. The fourth-order valence-corrected chi connectivity index (χ4v) is 2.37. The van der Waals surface area contributed by atoms with Crippen molar-refractivity contribution in [2.45, 2.75) is 6.92 Å². The fourth-order valence-electron chi connectivity index (χ4n) is 1.65. The summed E-state index contributed by atoms with van der Waals surface area (Å²) in [6, 6.07) is 12.1. The summed E-state index contributed by atoms with van der Waals surface area (Å²) in [5.74, 6) is 1.02. The summed E-state index contributed by atoms with van der Waals surface area (Å²) in [6.45, 7) is 2.55. The Morgan fingerprint density at radius 1 is 1.27 bits per heavy atom. The van der Waals surface area contributed by atoms with E-state index >= 15 is 0 Å². The Morgan fingerprint density at radius 2 is 2.00 bits per heavy atom. The van der Waals surface area contributed by atoms with Crippen LogP contribution in [0.3, 0.4) is 0 Å². The molecule has 2 aromatic rings. The molecule has 0 aliphatic carbocycles. The minimum absolute atomic E-state index is 0.0294. The molecule has 6 heteroatoms. The molecular weight excluding hydrogens is 323 g/mol. The molecule has 22 heavy (non-hydrogen) atoms. The van der Waals surface area contributed by atoms with Gasteiger partial charge in [0, 0.05) is 5.75 Å². The lowest BCUT2D eigenvalue weighted by Crippen LogP contribution is -2.10. The summed E-state index contributed by atoms with van der Waals surface area (Å²) >= 11 is 7.06. The maximum Gasteiger partial charge on any atom is 0.159 e. The Labute approximate surface area is 138 Å². The van der Waals surface area contributed by atoms with Crippen LogP contribution in [-0.2, 0) is 0 Å². The van der Waals surface area contributed by atoms with Crippen LogP contribution in [0.25, 0.3) is 0 Å². The second kappa shape index (κ2) is 8.06. The van der Waals surface area contributed by atoms with E-state index in [1.165, 1.54) is 35.5 Å². The van der Waals surface area contributed by atoms with Gasteiger partial charge >= 0.3 is 0 Å². The number of thioether (sulfide) groups is 1. The first-order chi connectivity index (χ1) is 10.5. The van der Waals surface area contributed by atoms with Gasteiger partial charge in [0.05, 0.1) is 17.3 Å². The van der Waals surface area contributed by atoms with Gasteiger partial charge in [-0.2, -0.15) is 0 Å². The second-order valence-corrected chi connectivity index (χ2v) is 6.08. The van der Waals surface area contributed by atoms with Crippen molar-refractivity contribution in [2.75, 3.05) is 12.4 Å². The standard InChI is InChI=1S/C16H16ClFN2OS/c1-11-2-5-13(6-3-11)21-8-9-22-16(19)20-12-4-7-15(18)14(17)10-12/h2-7,10H,8-9H2,1H3,(H2,19,20). The van der Waals surface area contributed by atoms with Crippen LogP contribution >= 0.6 is 23.4 Å². The molecule has 0 unspecified atom stereocenters. The summed E-state index contributed by atoms with van der Waals surface area (Å²) in [5, 5.41) is 0.414. The number of nitrogens with zero attached hydrogens (tertiary/aromatic N) is 1. The fraction of sp³-hybridized carbons (Fsp3) is 0.188. The molecule has 0 amide bonds. The first-order valence-electron chi connectivity index (χ1n) is 6.66. The Balaban J connectivity index is 1.79. The van der Waals surface area contributed by atoms with Crippen molar-refractivity contribution in [2.24, 2.45) is 10.7 Å². The number of benzene rings is 2. The van der Waals surface area contributed by atoms with Crippen LogP contribution < -0.4 is 10.5 Å². The van der Waals surface area contributed by atoms with Crippen LogP contribution in [-0.4, -0.2) is 17.5 Å². The first-order valence-corrected chi connectivity index (χ1v) is 8.02. The molecule has 3 nitrogen and oxygen atoms in total. The highest BCUT2D eigenvalue weighted by Crippen LogP contribution is 2.22. The smallest absolute Gasteiger partial charge is 0.159 e. The van der Waals surface area contributed by atoms with Crippen molar-refractivity contribution < 1.29 is 9.13 Å². The molecule has 0 spiro atoms. The van der Waals surface area contributed by atoms with Gasteiger partial charge in [-0.3, -0.25) is 0 Å². The van der Waals surface area contributed by atoms with E-state index in [1.807, 2.05) is 31.2 Å². The third-order valence-corrected chi connectivity index (χ3v) is 3.81. The van der Waals surface area contributed by atoms with Crippen molar-refractivity contribution in [3.8, 4) is 5.75 Å². The predicted molar refractivity (Wildman–Crippen MR) is 91.8 cm³/mol. The van der Waals surface area contributed by atoms with Crippen LogP contribution in [0.4, 0.5) is 10.1 Å². The van der Waals surface area contributed by atoms with Gasteiger partial charge in [-0.25, -0.2) is 9.38 Å². The molecule has 0 fully saturated rings. The summed E-state index contributed by atoms with van der Waals surface area (Å²) in [5.41, 5.74) is 7.53. The van der Waals surface area contributed by atoms with Crippen molar-refractivity contribution in [3.05, 3.63) is 58.9 Å². The largest absolute Gasteiger partial charge is 0.493 e. The Kier molecular flexibility index (Phi) is 6.10. The van der Waals surface area contributed by atoms with Gasteiger partial charge in [-0.05, 0) is 37.3 Å². The van der Waals surface area contributed by atoms with Gasteiger partial charge in [0.2, 0.25) is 0 Å². The van der Waals surface area contributed by atoms with E-state index in [9.17, 15) is 4.39 Å². The van der Waals surface area contributed by atoms with Gasteiger partial charge < -0.3 is 10.5 Å². The van der Waals surface area contributed by atoms with E-state index in [-0.39, 0.29) is 5.02 Å². The lowest BCUT2D eigenvalue weighted by atomic mass is 10.2. The summed E-state index contributed by atoms with van der Waals surface area (Å²) in [4.78, 5) is 4.17. The van der Waals surface area contributed by atoms with Crippen LogP contribution in [0.2, 0.25) is 5.02 Å². The van der Waals surface area contributed by atoms with E-state index in [1.54, 1.807) is 0 Å². The third kappa shape index (κ3) is 5.24. The molecule has 0 bridgehead atoms. The third-order valence-electron chi connectivity index (χ3n) is 2.77. The number of hydrogen-bond donors (Lipinski definition) is 1. The Hall–Kier alpha value is -1.72. The number of halogens is 2. The zero-order valence-corrected chi connectivity index (χ0v) is 13.6. The van der Waals surface area contributed by atoms with E-state index in [0.717, 1.165) is 5.75 Å². The minimum atomic E-state index is -0.474. The molecule has 0 saturated heterocycles. The number of aliphatic imine (C=N–C) groups is 1. The molecule has 0 heterocycles. The average molecular weight is 339 g/mol. The van der Waals surface area contributed by atoms with Crippen molar-refractivity contribution in [1.29, 1.82) is 0 Å². The molecule has 0 atom stereocenters. The van der Waals surface area contributed by atoms with Gasteiger partial charge in [-0.1, -0.05) is 41.1 Å².